The van der Waals surface area contributed by atoms with Crippen molar-refractivity contribution in [1.29, 1.82) is 0 Å². The quantitative estimate of drug-likeness (QED) is 0.0586. The third-order valence-corrected chi connectivity index (χ3v) is 8.68. The molecular formula is C19H35Br3O2Si. The Morgan fingerprint density at radius 3 is 1.48 bits per heavy atom. The number of hydrogen-bond acceptors (Lipinski definition) is 2. The van der Waals surface area contributed by atoms with Crippen molar-refractivity contribution in [2.24, 2.45) is 0 Å². The Bertz CT molecular complexity index is 357. The van der Waals surface area contributed by atoms with Crippen LogP contribution in [-0.4, -0.2) is 16.5 Å². The van der Waals surface area contributed by atoms with Crippen LogP contribution in [0, 0.1) is 0 Å². The molecule has 0 saturated carbocycles. The minimum atomic E-state index is -1.36. The summed E-state index contributed by atoms with van der Waals surface area (Å²) in [6.45, 7) is 5.80. The predicted octanol–water partition coefficient (Wildman–Crippen LogP) is 8.30. The van der Waals surface area contributed by atoms with E-state index in [0.29, 0.717) is 12.2 Å². The Kier molecular flexibility index (Phi) is 17.6. The molecule has 0 aliphatic carbocycles. The average molecular weight is 563 g/mol. The second-order valence-corrected chi connectivity index (χ2v) is 30.4. The zero-order valence-corrected chi connectivity index (χ0v) is 21.5. The summed E-state index contributed by atoms with van der Waals surface area (Å²) in [5, 5.41) is 0. The minimum Gasteiger partial charge on any atom is -0.462 e. The predicted molar refractivity (Wildman–Crippen MR) is 123 cm³/mol. The van der Waals surface area contributed by atoms with E-state index in [2.05, 4.69) is 52.5 Å². The Balaban J connectivity index is 3.12. The fourth-order valence-electron chi connectivity index (χ4n) is 2.66. The van der Waals surface area contributed by atoms with Crippen molar-refractivity contribution in [1.82, 2.24) is 0 Å². The summed E-state index contributed by atoms with van der Waals surface area (Å²) in [7, 11) is 0. The zero-order valence-electron chi connectivity index (χ0n) is 15.8. The lowest BCUT2D eigenvalue weighted by atomic mass is 10.0. The van der Waals surface area contributed by atoms with Crippen LogP contribution in [-0.2, 0) is 9.53 Å². The van der Waals surface area contributed by atoms with Crippen LogP contribution in [0.3, 0.4) is 0 Å². The molecule has 0 saturated heterocycles. The van der Waals surface area contributed by atoms with Crippen LogP contribution < -0.4 is 0 Å². The second kappa shape index (κ2) is 17.0. The normalized spacial score (nSPS) is 11.5. The number of unbranched alkanes of at least 4 members (excludes halogenated alkanes) is 12. The standard InChI is InChI=1S/C19H35Br3O2Si/c1-18(2)19(23)24-16-14-12-10-8-6-4-3-5-7-9-11-13-15-17-25(20,21)22/h1,3-17H2,2H3. The number of carbonyl (C=O) groups excluding carboxylic acids is 1. The summed E-state index contributed by atoms with van der Waals surface area (Å²) in [6.07, 6.45) is 17.0. The summed E-state index contributed by atoms with van der Waals surface area (Å²) in [4.78, 5) is 11.2. The smallest absolute Gasteiger partial charge is 0.333 e. The Morgan fingerprint density at radius 1 is 0.760 bits per heavy atom. The van der Waals surface area contributed by atoms with Crippen LogP contribution in [0.2, 0.25) is 6.04 Å². The number of esters is 1. The summed E-state index contributed by atoms with van der Waals surface area (Å²) < 4.78 is 3.72. The van der Waals surface area contributed by atoms with Crippen molar-refractivity contribution in [2.75, 3.05) is 6.61 Å². The van der Waals surface area contributed by atoms with Crippen molar-refractivity contribution in [3.05, 3.63) is 12.2 Å². The molecule has 0 bridgehead atoms. The number of ether oxygens (including phenoxy) is 1. The van der Waals surface area contributed by atoms with E-state index in [1.165, 1.54) is 76.7 Å². The zero-order chi connectivity index (χ0) is 19.0. The van der Waals surface area contributed by atoms with Gasteiger partial charge in [-0.05, 0) is 19.4 Å². The Labute approximate surface area is 179 Å². The summed E-state index contributed by atoms with van der Waals surface area (Å²) in [5.41, 5.74) is 0.487. The molecule has 0 atom stereocenters. The minimum absolute atomic E-state index is 0.260. The van der Waals surface area contributed by atoms with Gasteiger partial charge in [0.15, 0.2) is 0 Å². The van der Waals surface area contributed by atoms with Crippen molar-refractivity contribution in [2.45, 2.75) is 96.4 Å². The molecule has 0 unspecified atom stereocenters. The molecule has 0 heterocycles. The van der Waals surface area contributed by atoms with Crippen LogP contribution in [0.5, 0.6) is 0 Å². The number of hydrogen-bond donors (Lipinski definition) is 0. The van der Waals surface area contributed by atoms with Gasteiger partial charge in [0.2, 0.25) is 0 Å². The Morgan fingerprint density at radius 2 is 1.12 bits per heavy atom. The van der Waals surface area contributed by atoms with Gasteiger partial charge in [0.05, 0.1) is 6.61 Å². The van der Waals surface area contributed by atoms with Gasteiger partial charge < -0.3 is 4.74 Å². The van der Waals surface area contributed by atoms with E-state index in [1.54, 1.807) is 6.92 Å². The Hall–Kier alpha value is 0.867. The van der Waals surface area contributed by atoms with Crippen LogP contribution in [0.25, 0.3) is 0 Å². The molecular weight excluding hydrogens is 528 g/mol. The van der Waals surface area contributed by atoms with Crippen LogP contribution in [0.1, 0.15) is 90.4 Å². The third kappa shape index (κ3) is 21.0. The van der Waals surface area contributed by atoms with Gasteiger partial charge in [0.1, 0.15) is 0 Å². The summed E-state index contributed by atoms with van der Waals surface area (Å²) in [5.74, 6) is -0.260. The van der Waals surface area contributed by atoms with E-state index in [1.807, 2.05) is 0 Å². The summed E-state index contributed by atoms with van der Waals surface area (Å²) in [6, 6.07) is 1.25. The lowest BCUT2D eigenvalue weighted by Gasteiger charge is -2.08. The molecule has 25 heavy (non-hydrogen) atoms. The molecule has 0 aromatic heterocycles. The average Bonchev–Trinajstić information content (AvgIpc) is 2.53. The fraction of sp³-hybridized carbons (Fsp3) is 0.842. The van der Waals surface area contributed by atoms with Gasteiger partial charge in [-0.1, -0.05) is 130 Å². The monoisotopic (exact) mass is 560 g/mol. The molecule has 0 aromatic rings. The molecule has 0 spiro atoms. The molecule has 0 radical (unpaired) electrons. The number of carbonyl (C=O) groups is 1. The van der Waals surface area contributed by atoms with Gasteiger partial charge in [-0.25, -0.2) is 4.79 Å². The molecule has 0 aromatic carbocycles. The van der Waals surface area contributed by atoms with E-state index in [4.69, 9.17) is 4.74 Å². The van der Waals surface area contributed by atoms with Crippen molar-refractivity contribution < 1.29 is 9.53 Å². The largest absolute Gasteiger partial charge is 0.462 e. The lowest BCUT2D eigenvalue weighted by Crippen LogP contribution is -2.05. The van der Waals surface area contributed by atoms with Gasteiger partial charge in [0, 0.05) is 5.57 Å². The van der Waals surface area contributed by atoms with Crippen molar-refractivity contribution >= 4 is 55.8 Å². The van der Waals surface area contributed by atoms with E-state index >= 15 is 0 Å². The highest BCUT2D eigenvalue weighted by Crippen LogP contribution is 2.33. The topological polar surface area (TPSA) is 26.3 Å². The summed E-state index contributed by atoms with van der Waals surface area (Å²) >= 11 is 11.0. The fourth-order valence-corrected chi connectivity index (χ4v) is 5.83. The third-order valence-electron chi connectivity index (χ3n) is 4.19. The first-order chi connectivity index (χ1) is 11.8. The number of rotatable bonds is 17. The van der Waals surface area contributed by atoms with E-state index < -0.39 is 3.93 Å². The molecule has 0 fully saturated rings. The van der Waals surface area contributed by atoms with E-state index in [-0.39, 0.29) is 5.97 Å². The molecule has 6 heteroatoms. The molecule has 0 rings (SSSR count). The molecule has 0 aliphatic heterocycles. The van der Waals surface area contributed by atoms with Crippen molar-refractivity contribution in [3.8, 4) is 0 Å². The highest BCUT2D eigenvalue weighted by molar-refractivity contribution is 9.72. The first-order valence-electron chi connectivity index (χ1n) is 9.72. The molecule has 0 aliphatic rings. The first-order valence-corrected chi connectivity index (χ1v) is 18.7. The lowest BCUT2D eigenvalue weighted by molar-refractivity contribution is -0.139. The maximum absolute atomic E-state index is 11.2. The number of halogens is 3. The van der Waals surface area contributed by atoms with Gasteiger partial charge in [-0.15, -0.1) is 0 Å². The highest BCUT2D eigenvalue weighted by atomic mass is 80.0. The van der Waals surface area contributed by atoms with Crippen LogP contribution >= 0.6 is 45.9 Å². The molecule has 2 nitrogen and oxygen atoms in total. The van der Waals surface area contributed by atoms with E-state index in [9.17, 15) is 4.79 Å². The van der Waals surface area contributed by atoms with Gasteiger partial charge in [0.25, 0.3) is 3.93 Å². The van der Waals surface area contributed by atoms with Gasteiger partial charge in [-0.3, -0.25) is 0 Å². The van der Waals surface area contributed by atoms with Crippen LogP contribution in [0.4, 0.5) is 0 Å². The van der Waals surface area contributed by atoms with E-state index in [0.717, 1.165) is 12.8 Å². The van der Waals surface area contributed by atoms with Gasteiger partial charge in [-0.2, -0.15) is 0 Å². The van der Waals surface area contributed by atoms with Crippen LogP contribution in [0.15, 0.2) is 12.2 Å². The highest BCUT2D eigenvalue weighted by Gasteiger charge is 2.20. The SMILES string of the molecule is C=C(C)C(=O)OCCCCCCCCCCCCCCC[Si](Br)(Br)Br. The maximum atomic E-state index is 11.2. The van der Waals surface area contributed by atoms with Crippen molar-refractivity contribution in [3.63, 3.8) is 0 Å². The first kappa shape index (κ1) is 25.9. The second-order valence-electron chi connectivity index (χ2n) is 6.88. The van der Waals surface area contributed by atoms with Gasteiger partial charge >= 0.3 is 5.97 Å². The molecule has 0 N–H and O–H groups in total. The molecule has 148 valence electrons. The maximum Gasteiger partial charge on any atom is 0.333 e. The molecule has 0 amide bonds.